The van der Waals surface area contributed by atoms with Gasteiger partial charge in [-0.15, -0.1) is 5.10 Å². The molecule has 0 saturated heterocycles. The number of nitrogens with zero attached hydrogens (tertiary/aromatic N) is 3. The van der Waals surface area contributed by atoms with Crippen molar-refractivity contribution in [3.05, 3.63) is 71.5 Å². The van der Waals surface area contributed by atoms with Gasteiger partial charge in [-0.1, -0.05) is 23.4 Å². The Morgan fingerprint density at radius 3 is 2.37 bits per heavy atom. The number of nitrogens with one attached hydrogen (secondary N) is 1. The van der Waals surface area contributed by atoms with Crippen molar-refractivity contribution in [3.63, 3.8) is 0 Å². The number of anilines is 1. The highest BCUT2D eigenvalue weighted by Gasteiger charge is 2.20. The van der Waals surface area contributed by atoms with Gasteiger partial charge in [0.25, 0.3) is 5.91 Å². The van der Waals surface area contributed by atoms with Crippen LogP contribution in [0.4, 0.5) is 5.69 Å². The molecule has 138 valence electrons. The zero-order chi connectivity index (χ0) is 19.2. The predicted molar refractivity (Wildman–Crippen MR) is 97.8 cm³/mol. The van der Waals surface area contributed by atoms with E-state index in [1.807, 2.05) is 30.3 Å². The fraction of sp³-hybridized carbons (Fsp3) is 0.158. The van der Waals surface area contributed by atoms with E-state index in [0.29, 0.717) is 16.9 Å². The SMILES string of the molecule is COCc1c(C(=O)Nc2ccc(C(=O)OC)cc2)nnn1-c1ccccc1. The molecule has 0 fully saturated rings. The molecule has 1 N–H and O–H groups in total. The van der Waals surface area contributed by atoms with Crippen molar-refractivity contribution >= 4 is 17.6 Å². The van der Waals surface area contributed by atoms with E-state index in [1.165, 1.54) is 14.2 Å². The summed E-state index contributed by atoms with van der Waals surface area (Å²) in [5, 5.41) is 10.8. The van der Waals surface area contributed by atoms with Crippen LogP contribution in [0.15, 0.2) is 54.6 Å². The van der Waals surface area contributed by atoms with Gasteiger partial charge in [0.1, 0.15) is 5.69 Å². The molecule has 0 aliphatic carbocycles. The summed E-state index contributed by atoms with van der Waals surface area (Å²) in [6.07, 6.45) is 0. The second-order valence-electron chi connectivity index (χ2n) is 5.59. The first-order valence-corrected chi connectivity index (χ1v) is 8.12. The first-order chi connectivity index (χ1) is 13.1. The summed E-state index contributed by atoms with van der Waals surface area (Å²) in [6, 6.07) is 15.7. The van der Waals surface area contributed by atoms with Gasteiger partial charge >= 0.3 is 5.97 Å². The first kappa shape index (κ1) is 18.3. The molecule has 0 atom stereocenters. The number of hydrogen-bond acceptors (Lipinski definition) is 6. The molecule has 3 aromatic rings. The van der Waals surface area contributed by atoms with Crippen LogP contribution in [-0.2, 0) is 16.1 Å². The van der Waals surface area contributed by atoms with Crippen LogP contribution in [0.25, 0.3) is 5.69 Å². The van der Waals surface area contributed by atoms with Gasteiger partial charge in [0.2, 0.25) is 0 Å². The van der Waals surface area contributed by atoms with Crippen molar-refractivity contribution in [3.8, 4) is 5.69 Å². The largest absolute Gasteiger partial charge is 0.465 e. The Hall–Kier alpha value is -3.52. The van der Waals surface area contributed by atoms with Crippen molar-refractivity contribution < 1.29 is 19.1 Å². The number of para-hydroxylation sites is 1. The van der Waals surface area contributed by atoms with Crippen molar-refractivity contribution in [2.75, 3.05) is 19.5 Å². The average Bonchev–Trinajstić information content (AvgIpc) is 3.13. The quantitative estimate of drug-likeness (QED) is 0.673. The third-order valence-corrected chi connectivity index (χ3v) is 3.82. The maximum absolute atomic E-state index is 12.7. The summed E-state index contributed by atoms with van der Waals surface area (Å²) in [7, 11) is 2.85. The standard InChI is InChI=1S/C19H18N4O4/c1-26-12-16-17(21-22-23(16)15-6-4-3-5-7-15)18(24)20-14-10-8-13(9-11-14)19(25)27-2/h3-11H,12H2,1-2H3,(H,20,24). The Labute approximate surface area is 155 Å². The number of rotatable bonds is 6. The summed E-state index contributed by atoms with van der Waals surface area (Å²) < 4.78 is 11.4. The van der Waals surface area contributed by atoms with Crippen LogP contribution in [0.5, 0.6) is 0 Å². The average molecular weight is 366 g/mol. The Bertz CT molecular complexity index is 936. The molecular weight excluding hydrogens is 348 g/mol. The number of benzene rings is 2. The van der Waals surface area contributed by atoms with Crippen LogP contribution in [0, 0.1) is 0 Å². The van der Waals surface area contributed by atoms with Crippen molar-refractivity contribution in [1.29, 1.82) is 0 Å². The number of esters is 1. The Morgan fingerprint density at radius 2 is 1.74 bits per heavy atom. The summed E-state index contributed by atoms with van der Waals surface area (Å²) in [4.78, 5) is 24.1. The zero-order valence-electron chi connectivity index (χ0n) is 14.9. The van der Waals surface area contributed by atoms with Gasteiger partial charge in [-0.2, -0.15) is 0 Å². The molecule has 27 heavy (non-hydrogen) atoms. The van der Waals surface area contributed by atoms with Crippen LogP contribution in [-0.4, -0.2) is 41.1 Å². The van der Waals surface area contributed by atoms with Crippen LogP contribution in [0.2, 0.25) is 0 Å². The maximum atomic E-state index is 12.7. The smallest absolute Gasteiger partial charge is 0.337 e. The lowest BCUT2D eigenvalue weighted by molar-refractivity contribution is 0.0600. The van der Waals surface area contributed by atoms with E-state index in [0.717, 1.165) is 5.69 Å². The molecule has 0 radical (unpaired) electrons. The molecule has 8 heteroatoms. The van der Waals surface area contributed by atoms with E-state index < -0.39 is 11.9 Å². The minimum Gasteiger partial charge on any atom is -0.465 e. The molecule has 0 spiro atoms. The van der Waals surface area contributed by atoms with Crippen LogP contribution < -0.4 is 5.32 Å². The summed E-state index contributed by atoms with van der Waals surface area (Å²) in [5.41, 5.74) is 2.39. The first-order valence-electron chi connectivity index (χ1n) is 8.12. The highest BCUT2D eigenvalue weighted by Crippen LogP contribution is 2.16. The predicted octanol–water partition coefficient (Wildman–Crippen LogP) is 2.45. The highest BCUT2D eigenvalue weighted by atomic mass is 16.5. The van der Waals surface area contributed by atoms with E-state index in [2.05, 4.69) is 20.4 Å². The number of carbonyl (C=O) groups excluding carboxylic acids is 2. The third kappa shape index (κ3) is 4.01. The van der Waals surface area contributed by atoms with E-state index in [-0.39, 0.29) is 12.3 Å². The Balaban J connectivity index is 1.84. The molecule has 0 aliphatic heterocycles. The van der Waals surface area contributed by atoms with Gasteiger partial charge in [-0.05, 0) is 36.4 Å². The molecule has 1 heterocycles. The molecule has 0 bridgehead atoms. The van der Waals surface area contributed by atoms with Gasteiger partial charge in [0.15, 0.2) is 5.69 Å². The molecule has 1 amide bonds. The van der Waals surface area contributed by atoms with Gasteiger partial charge in [0.05, 0.1) is 25.0 Å². The fourth-order valence-corrected chi connectivity index (χ4v) is 2.52. The molecule has 0 aliphatic rings. The van der Waals surface area contributed by atoms with E-state index in [1.54, 1.807) is 28.9 Å². The molecule has 3 rings (SSSR count). The van der Waals surface area contributed by atoms with Gasteiger partial charge in [-0.25, -0.2) is 9.48 Å². The van der Waals surface area contributed by atoms with E-state index in [9.17, 15) is 9.59 Å². The minimum atomic E-state index is -0.443. The van der Waals surface area contributed by atoms with Gasteiger partial charge in [-0.3, -0.25) is 4.79 Å². The number of aromatic nitrogens is 3. The van der Waals surface area contributed by atoms with E-state index in [4.69, 9.17) is 4.74 Å². The zero-order valence-corrected chi connectivity index (χ0v) is 14.9. The normalized spacial score (nSPS) is 10.4. The van der Waals surface area contributed by atoms with E-state index >= 15 is 0 Å². The van der Waals surface area contributed by atoms with Crippen molar-refractivity contribution in [2.24, 2.45) is 0 Å². The molecule has 0 unspecified atom stereocenters. The molecule has 1 aromatic heterocycles. The summed E-state index contributed by atoms with van der Waals surface area (Å²) >= 11 is 0. The number of carbonyl (C=O) groups is 2. The third-order valence-electron chi connectivity index (χ3n) is 3.82. The Morgan fingerprint density at radius 1 is 1.04 bits per heavy atom. The van der Waals surface area contributed by atoms with Gasteiger partial charge < -0.3 is 14.8 Å². The van der Waals surface area contributed by atoms with Crippen molar-refractivity contribution in [2.45, 2.75) is 6.61 Å². The fourth-order valence-electron chi connectivity index (χ4n) is 2.52. The second kappa shape index (κ2) is 8.24. The second-order valence-corrected chi connectivity index (χ2v) is 5.59. The summed E-state index contributed by atoms with van der Waals surface area (Å²) in [5.74, 6) is -0.865. The Kier molecular flexibility index (Phi) is 5.58. The van der Waals surface area contributed by atoms with Crippen molar-refractivity contribution in [1.82, 2.24) is 15.0 Å². The number of amides is 1. The maximum Gasteiger partial charge on any atom is 0.337 e. The molecular formula is C19H18N4O4. The lowest BCUT2D eigenvalue weighted by Gasteiger charge is -2.08. The molecule has 0 saturated carbocycles. The van der Waals surface area contributed by atoms with Crippen LogP contribution in [0.3, 0.4) is 0 Å². The monoisotopic (exact) mass is 366 g/mol. The topological polar surface area (TPSA) is 95.3 Å². The lowest BCUT2D eigenvalue weighted by Crippen LogP contribution is -2.16. The minimum absolute atomic E-state index is 0.165. The summed E-state index contributed by atoms with van der Waals surface area (Å²) in [6.45, 7) is 0.173. The van der Waals surface area contributed by atoms with Crippen LogP contribution in [0.1, 0.15) is 26.5 Å². The number of ether oxygens (including phenoxy) is 2. The van der Waals surface area contributed by atoms with Crippen LogP contribution >= 0.6 is 0 Å². The number of hydrogen-bond donors (Lipinski definition) is 1. The number of methoxy groups -OCH3 is 2. The lowest BCUT2D eigenvalue weighted by atomic mass is 10.2. The highest BCUT2D eigenvalue weighted by molar-refractivity contribution is 6.03. The molecule has 8 nitrogen and oxygen atoms in total. The molecule has 2 aromatic carbocycles. The van der Waals surface area contributed by atoms with Gasteiger partial charge in [0, 0.05) is 12.8 Å².